The molecule has 0 spiro atoms. The van der Waals surface area contributed by atoms with E-state index in [-0.39, 0.29) is 22.1 Å². The molecule has 2 atom stereocenters. The van der Waals surface area contributed by atoms with Crippen molar-refractivity contribution >= 4 is 21.6 Å². The third-order valence-electron chi connectivity index (χ3n) is 3.20. The van der Waals surface area contributed by atoms with Crippen LogP contribution in [0.4, 0.5) is 0 Å². The van der Waals surface area contributed by atoms with Crippen LogP contribution in [0.1, 0.15) is 0 Å². The first kappa shape index (κ1) is 15.5. The van der Waals surface area contributed by atoms with Crippen molar-refractivity contribution < 1.29 is 17.9 Å². The summed E-state index contributed by atoms with van der Waals surface area (Å²) in [7, 11) is -0.612. The van der Waals surface area contributed by atoms with Crippen LogP contribution in [0.2, 0.25) is 5.02 Å². The zero-order valence-corrected chi connectivity index (χ0v) is 12.8. The van der Waals surface area contributed by atoms with Gasteiger partial charge in [-0.3, -0.25) is 0 Å². The number of methoxy groups -OCH3 is 2. The maximum Gasteiger partial charge on any atom is 0.241 e. The molecule has 112 valence electrons. The molecule has 20 heavy (non-hydrogen) atoms. The van der Waals surface area contributed by atoms with Crippen LogP contribution in [0.3, 0.4) is 0 Å². The lowest BCUT2D eigenvalue weighted by Gasteiger charge is -2.18. The first-order valence-electron chi connectivity index (χ1n) is 6.07. The molecule has 1 aromatic rings. The largest absolute Gasteiger partial charge is 0.495 e. The molecule has 6 nitrogen and oxygen atoms in total. The summed E-state index contributed by atoms with van der Waals surface area (Å²) in [6.07, 6.45) is -0.182. The Kier molecular flexibility index (Phi) is 4.87. The van der Waals surface area contributed by atoms with Crippen molar-refractivity contribution in [1.82, 2.24) is 10.0 Å². The number of benzene rings is 1. The first-order chi connectivity index (χ1) is 9.47. The van der Waals surface area contributed by atoms with E-state index in [9.17, 15) is 8.42 Å². The molecule has 0 aliphatic carbocycles. The van der Waals surface area contributed by atoms with Crippen LogP contribution in [0.5, 0.6) is 5.75 Å². The van der Waals surface area contributed by atoms with Crippen molar-refractivity contribution in [1.29, 1.82) is 0 Å². The Labute approximate surface area is 123 Å². The van der Waals surface area contributed by atoms with Gasteiger partial charge in [0.1, 0.15) is 5.75 Å². The minimum Gasteiger partial charge on any atom is -0.495 e. The number of hydrogen-bond donors (Lipinski definition) is 2. The van der Waals surface area contributed by atoms with Gasteiger partial charge in [-0.25, -0.2) is 13.1 Å². The van der Waals surface area contributed by atoms with Crippen molar-refractivity contribution in [2.24, 2.45) is 0 Å². The van der Waals surface area contributed by atoms with E-state index >= 15 is 0 Å². The number of rotatable bonds is 5. The van der Waals surface area contributed by atoms with Gasteiger partial charge in [-0.05, 0) is 18.2 Å². The minimum atomic E-state index is -3.64. The highest BCUT2D eigenvalue weighted by atomic mass is 35.5. The molecule has 0 bridgehead atoms. The van der Waals surface area contributed by atoms with Crippen LogP contribution >= 0.6 is 11.6 Å². The van der Waals surface area contributed by atoms with Gasteiger partial charge in [-0.1, -0.05) is 11.6 Å². The summed E-state index contributed by atoms with van der Waals surface area (Å²) in [5.41, 5.74) is 0. The van der Waals surface area contributed by atoms with Gasteiger partial charge in [0, 0.05) is 20.2 Å². The second-order valence-electron chi connectivity index (χ2n) is 4.46. The van der Waals surface area contributed by atoms with Crippen LogP contribution in [0.25, 0.3) is 0 Å². The molecule has 1 fully saturated rings. The monoisotopic (exact) mass is 320 g/mol. The Balaban J connectivity index is 2.20. The summed E-state index contributed by atoms with van der Waals surface area (Å²) in [5, 5.41) is 3.33. The maximum atomic E-state index is 12.3. The molecule has 1 unspecified atom stereocenters. The normalized spacial score (nSPS) is 22.9. The summed E-state index contributed by atoms with van der Waals surface area (Å²) in [6, 6.07) is 4.05. The summed E-state index contributed by atoms with van der Waals surface area (Å²) in [4.78, 5) is 0.102. The SMILES string of the molecule is COc1ccc(S(=O)(=O)NC2CNC[C@@H]2OC)cc1Cl. The van der Waals surface area contributed by atoms with E-state index in [0.717, 1.165) is 0 Å². The summed E-state index contributed by atoms with van der Waals surface area (Å²) in [5.74, 6) is 0.433. The predicted molar refractivity (Wildman–Crippen MR) is 75.8 cm³/mol. The van der Waals surface area contributed by atoms with E-state index in [4.69, 9.17) is 21.1 Å². The van der Waals surface area contributed by atoms with Crippen LogP contribution in [0, 0.1) is 0 Å². The van der Waals surface area contributed by atoms with Gasteiger partial charge < -0.3 is 14.8 Å². The van der Waals surface area contributed by atoms with Gasteiger partial charge >= 0.3 is 0 Å². The van der Waals surface area contributed by atoms with Gasteiger partial charge in [0.2, 0.25) is 10.0 Å². The van der Waals surface area contributed by atoms with Crippen LogP contribution in [-0.4, -0.2) is 47.9 Å². The van der Waals surface area contributed by atoms with Gasteiger partial charge in [0.25, 0.3) is 0 Å². The Morgan fingerprint density at radius 2 is 2.10 bits per heavy atom. The van der Waals surface area contributed by atoms with Crippen molar-refractivity contribution in [3.63, 3.8) is 0 Å². The van der Waals surface area contributed by atoms with Gasteiger partial charge in [-0.2, -0.15) is 0 Å². The van der Waals surface area contributed by atoms with E-state index in [1.54, 1.807) is 7.11 Å². The molecule has 1 aliphatic rings. The van der Waals surface area contributed by atoms with Crippen LogP contribution in [-0.2, 0) is 14.8 Å². The number of halogens is 1. The summed E-state index contributed by atoms with van der Waals surface area (Å²) >= 11 is 5.95. The second-order valence-corrected chi connectivity index (χ2v) is 6.58. The molecular formula is C12H17ClN2O4S. The molecule has 1 aromatic carbocycles. The molecule has 1 aliphatic heterocycles. The molecule has 8 heteroatoms. The molecular weight excluding hydrogens is 304 g/mol. The van der Waals surface area contributed by atoms with Crippen molar-refractivity contribution in [2.75, 3.05) is 27.3 Å². The molecule has 1 heterocycles. The van der Waals surface area contributed by atoms with E-state index in [2.05, 4.69) is 10.0 Å². The van der Waals surface area contributed by atoms with E-state index in [1.807, 2.05) is 0 Å². The zero-order chi connectivity index (χ0) is 14.8. The highest BCUT2D eigenvalue weighted by molar-refractivity contribution is 7.89. The third-order valence-corrected chi connectivity index (χ3v) is 4.98. The third kappa shape index (κ3) is 3.24. The quantitative estimate of drug-likeness (QED) is 0.831. The van der Waals surface area contributed by atoms with E-state index in [1.165, 1.54) is 25.3 Å². The number of nitrogens with one attached hydrogen (secondary N) is 2. The molecule has 0 amide bonds. The second kappa shape index (κ2) is 6.28. The Morgan fingerprint density at radius 3 is 2.70 bits per heavy atom. The lowest BCUT2D eigenvalue weighted by atomic mass is 10.2. The number of sulfonamides is 1. The van der Waals surface area contributed by atoms with Crippen LogP contribution < -0.4 is 14.8 Å². The van der Waals surface area contributed by atoms with Crippen molar-refractivity contribution in [3.05, 3.63) is 23.2 Å². The highest BCUT2D eigenvalue weighted by Crippen LogP contribution is 2.27. The summed E-state index contributed by atoms with van der Waals surface area (Å²) in [6.45, 7) is 1.15. The fraction of sp³-hybridized carbons (Fsp3) is 0.500. The highest BCUT2D eigenvalue weighted by Gasteiger charge is 2.31. The van der Waals surface area contributed by atoms with Crippen molar-refractivity contribution in [3.8, 4) is 5.75 Å². The van der Waals surface area contributed by atoms with Crippen molar-refractivity contribution in [2.45, 2.75) is 17.0 Å². The summed E-state index contributed by atoms with van der Waals surface area (Å²) < 4.78 is 37.5. The standard InChI is InChI=1S/C12H17ClN2O4S/c1-18-11-4-3-8(5-9(11)13)20(16,17)15-10-6-14-7-12(10)19-2/h3-5,10,12,14-15H,6-7H2,1-2H3/t10?,12-/m0/s1. The lowest BCUT2D eigenvalue weighted by molar-refractivity contribution is 0.103. The Morgan fingerprint density at radius 1 is 1.35 bits per heavy atom. The zero-order valence-electron chi connectivity index (χ0n) is 11.2. The average Bonchev–Trinajstić information content (AvgIpc) is 2.85. The first-order valence-corrected chi connectivity index (χ1v) is 7.93. The molecule has 0 radical (unpaired) electrons. The molecule has 1 saturated heterocycles. The fourth-order valence-corrected chi connectivity index (χ4v) is 3.71. The van der Waals surface area contributed by atoms with Crippen LogP contribution in [0.15, 0.2) is 23.1 Å². The van der Waals surface area contributed by atoms with E-state index < -0.39 is 10.0 Å². The van der Waals surface area contributed by atoms with Gasteiger partial charge in [-0.15, -0.1) is 0 Å². The topological polar surface area (TPSA) is 76.7 Å². The number of ether oxygens (including phenoxy) is 2. The molecule has 2 rings (SSSR count). The Hall–Kier alpha value is -0.860. The van der Waals surface area contributed by atoms with Gasteiger partial charge in [0.15, 0.2) is 0 Å². The molecule has 0 aromatic heterocycles. The lowest BCUT2D eigenvalue weighted by Crippen LogP contribution is -2.43. The Bertz CT molecular complexity index is 579. The van der Waals surface area contributed by atoms with E-state index in [0.29, 0.717) is 18.8 Å². The fourth-order valence-electron chi connectivity index (χ4n) is 2.10. The maximum absolute atomic E-state index is 12.3. The molecule has 2 N–H and O–H groups in total. The smallest absolute Gasteiger partial charge is 0.241 e. The average molecular weight is 321 g/mol. The minimum absolute atomic E-state index is 0.102. The predicted octanol–water partition coefficient (Wildman–Crippen LogP) is 0.614. The molecule has 0 saturated carbocycles. The number of hydrogen-bond acceptors (Lipinski definition) is 5. The van der Waals surface area contributed by atoms with Gasteiger partial charge in [0.05, 0.1) is 29.2 Å².